The third kappa shape index (κ3) is 2.59. The summed E-state index contributed by atoms with van der Waals surface area (Å²) in [5, 5.41) is 8.86. The molecule has 0 saturated carbocycles. The molecule has 2 rings (SSSR count). The molecule has 0 aliphatic rings. The average molecular weight is 260 g/mol. The van der Waals surface area contributed by atoms with Crippen LogP contribution in [0.2, 0.25) is 0 Å². The fourth-order valence-electron chi connectivity index (χ4n) is 1.95. The van der Waals surface area contributed by atoms with Crippen molar-refractivity contribution in [2.75, 3.05) is 7.11 Å². The van der Waals surface area contributed by atoms with Crippen molar-refractivity contribution in [3.63, 3.8) is 0 Å². The van der Waals surface area contributed by atoms with Crippen LogP contribution in [0.15, 0.2) is 24.3 Å². The van der Waals surface area contributed by atoms with Crippen molar-refractivity contribution in [1.82, 2.24) is 9.55 Å². The molecule has 0 spiro atoms. The van der Waals surface area contributed by atoms with Crippen LogP contribution in [-0.4, -0.2) is 27.7 Å². The Morgan fingerprint density at radius 3 is 2.53 bits per heavy atom. The van der Waals surface area contributed by atoms with E-state index >= 15 is 0 Å². The third-order valence-corrected chi connectivity index (χ3v) is 3.15. The van der Waals surface area contributed by atoms with Crippen LogP contribution in [0.3, 0.4) is 0 Å². The number of methoxy groups -OCH3 is 1. The minimum atomic E-state index is -0.873. The van der Waals surface area contributed by atoms with Crippen LogP contribution in [0.4, 0.5) is 0 Å². The monoisotopic (exact) mass is 260 g/mol. The molecule has 0 bridgehead atoms. The second kappa shape index (κ2) is 5.14. The summed E-state index contributed by atoms with van der Waals surface area (Å²) >= 11 is 0. The van der Waals surface area contributed by atoms with Crippen LogP contribution in [0, 0.1) is 6.92 Å². The zero-order chi connectivity index (χ0) is 14.0. The summed E-state index contributed by atoms with van der Waals surface area (Å²) in [7, 11) is 3.50. The number of benzene rings is 1. The zero-order valence-electron chi connectivity index (χ0n) is 11.2. The lowest BCUT2D eigenvalue weighted by atomic mass is 10.2. The molecule has 5 heteroatoms. The number of aliphatic carboxylic acids is 1. The number of carboxylic acid groups (broad SMARTS) is 1. The van der Waals surface area contributed by atoms with Gasteiger partial charge >= 0.3 is 5.97 Å². The maximum atomic E-state index is 10.8. The number of rotatable bonds is 4. The first-order valence-electron chi connectivity index (χ1n) is 5.91. The Balaban J connectivity index is 2.41. The fourth-order valence-corrected chi connectivity index (χ4v) is 1.95. The molecule has 100 valence electrons. The van der Waals surface area contributed by atoms with Gasteiger partial charge in [0.05, 0.1) is 19.2 Å². The molecule has 5 nitrogen and oxygen atoms in total. The smallest absolute Gasteiger partial charge is 0.309 e. The van der Waals surface area contributed by atoms with Gasteiger partial charge < -0.3 is 14.4 Å². The van der Waals surface area contributed by atoms with Gasteiger partial charge in [-0.1, -0.05) is 0 Å². The summed E-state index contributed by atoms with van der Waals surface area (Å²) in [5.74, 6) is 0.666. The number of carboxylic acids is 1. The number of hydrogen-bond acceptors (Lipinski definition) is 3. The van der Waals surface area contributed by atoms with Gasteiger partial charge in [-0.05, 0) is 31.2 Å². The van der Waals surface area contributed by atoms with Crippen LogP contribution in [0.25, 0.3) is 11.4 Å². The molecule has 2 aromatic rings. The second-order valence-electron chi connectivity index (χ2n) is 4.33. The molecule has 1 aromatic carbocycles. The Labute approximate surface area is 111 Å². The van der Waals surface area contributed by atoms with E-state index in [0.29, 0.717) is 5.69 Å². The highest BCUT2D eigenvalue weighted by Gasteiger charge is 2.14. The molecule has 1 aromatic heterocycles. The Bertz CT molecular complexity index is 600. The first-order valence-corrected chi connectivity index (χ1v) is 5.91. The van der Waals surface area contributed by atoms with Crippen molar-refractivity contribution >= 4 is 5.97 Å². The summed E-state index contributed by atoms with van der Waals surface area (Å²) in [6.45, 7) is 1.87. The lowest BCUT2D eigenvalue weighted by Crippen LogP contribution is -2.02. The molecule has 0 amide bonds. The molecule has 0 radical (unpaired) electrons. The van der Waals surface area contributed by atoms with Gasteiger partial charge in [0.2, 0.25) is 0 Å². The van der Waals surface area contributed by atoms with E-state index in [2.05, 4.69) is 4.98 Å². The first-order chi connectivity index (χ1) is 9.02. The van der Waals surface area contributed by atoms with Gasteiger partial charge in [-0.3, -0.25) is 4.79 Å². The van der Waals surface area contributed by atoms with Gasteiger partial charge in [0.15, 0.2) is 0 Å². The maximum Gasteiger partial charge on any atom is 0.309 e. The van der Waals surface area contributed by atoms with Gasteiger partial charge in [-0.15, -0.1) is 0 Å². The number of nitrogens with zero attached hydrogens (tertiary/aromatic N) is 2. The molecule has 0 aliphatic carbocycles. The average Bonchev–Trinajstić information content (AvgIpc) is 2.67. The highest BCUT2D eigenvalue weighted by Crippen LogP contribution is 2.23. The topological polar surface area (TPSA) is 64.3 Å². The van der Waals surface area contributed by atoms with Gasteiger partial charge in [0.1, 0.15) is 11.6 Å². The Hall–Kier alpha value is -2.30. The van der Waals surface area contributed by atoms with Crippen LogP contribution < -0.4 is 4.74 Å². The molecular weight excluding hydrogens is 244 g/mol. The second-order valence-corrected chi connectivity index (χ2v) is 4.33. The Morgan fingerprint density at radius 1 is 1.37 bits per heavy atom. The van der Waals surface area contributed by atoms with E-state index in [1.165, 1.54) is 0 Å². The number of imidazole rings is 1. The van der Waals surface area contributed by atoms with Crippen LogP contribution in [0.1, 0.15) is 11.4 Å². The SMILES string of the molecule is COc1ccc(-c2nc(CC(=O)O)c(C)n2C)cc1. The van der Waals surface area contributed by atoms with Crippen molar-refractivity contribution in [1.29, 1.82) is 0 Å². The van der Waals surface area contributed by atoms with Crippen LogP contribution in [-0.2, 0) is 18.3 Å². The van der Waals surface area contributed by atoms with Crippen LogP contribution in [0.5, 0.6) is 5.75 Å². The van der Waals surface area contributed by atoms with Crippen molar-refractivity contribution in [3.05, 3.63) is 35.7 Å². The molecule has 0 aliphatic heterocycles. The summed E-state index contributed by atoms with van der Waals surface area (Å²) in [4.78, 5) is 15.2. The van der Waals surface area contributed by atoms with Crippen molar-refractivity contribution in [2.24, 2.45) is 7.05 Å². The number of carbonyl (C=O) groups is 1. The van der Waals surface area contributed by atoms with Crippen molar-refractivity contribution in [3.8, 4) is 17.1 Å². The van der Waals surface area contributed by atoms with Gasteiger partial charge in [-0.25, -0.2) is 4.98 Å². The van der Waals surface area contributed by atoms with Crippen LogP contribution >= 0.6 is 0 Å². The van der Waals surface area contributed by atoms with E-state index in [4.69, 9.17) is 9.84 Å². The van der Waals surface area contributed by atoms with E-state index in [-0.39, 0.29) is 6.42 Å². The highest BCUT2D eigenvalue weighted by molar-refractivity contribution is 5.70. The number of hydrogen-bond donors (Lipinski definition) is 1. The predicted molar refractivity (Wildman–Crippen MR) is 71.3 cm³/mol. The molecular formula is C14H16N2O3. The molecule has 19 heavy (non-hydrogen) atoms. The molecule has 1 N–H and O–H groups in total. The van der Waals surface area contributed by atoms with E-state index in [0.717, 1.165) is 22.8 Å². The third-order valence-electron chi connectivity index (χ3n) is 3.15. The maximum absolute atomic E-state index is 10.8. The van der Waals surface area contributed by atoms with Crippen molar-refractivity contribution in [2.45, 2.75) is 13.3 Å². The summed E-state index contributed by atoms with van der Waals surface area (Å²) in [6.07, 6.45) is -0.0597. The zero-order valence-corrected chi connectivity index (χ0v) is 11.2. The summed E-state index contributed by atoms with van der Waals surface area (Å²) in [6, 6.07) is 7.53. The minimum Gasteiger partial charge on any atom is -0.497 e. The van der Waals surface area contributed by atoms with Gasteiger partial charge in [0, 0.05) is 18.3 Å². The Kier molecular flexibility index (Phi) is 3.55. The molecule has 1 heterocycles. The van der Waals surface area contributed by atoms with Crippen molar-refractivity contribution < 1.29 is 14.6 Å². The standard InChI is InChI=1S/C14H16N2O3/c1-9-12(8-13(17)18)15-14(16(9)2)10-4-6-11(19-3)7-5-10/h4-7H,8H2,1-3H3,(H,17,18). The first kappa shape index (κ1) is 13.1. The highest BCUT2D eigenvalue weighted by atomic mass is 16.5. The van der Waals surface area contributed by atoms with Gasteiger partial charge in [0.25, 0.3) is 0 Å². The molecule has 0 saturated heterocycles. The van der Waals surface area contributed by atoms with E-state index in [1.54, 1.807) is 7.11 Å². The van der Waals surface area contributed by atoms with E-state index < -0.39 is 5.97 Å². The van der Waals surface area contributed by atoms with Gasteiger partial charge in [-0.2, -0.15) is 0 Å². The minimum absolute atomic E-state index is 0.0597. The predicted octanol–water partition coefficient (Wildman–Crippen LogP) is 2.03. The Morgan fingerprint density at radius 2 is 2.00 bits per heavy atom. The lowest BCUT2D eigenvalue weighted by Gasteiger charge is -2.04. The van der Waals surface area contributed by atoms with E-state index in [1.807, 2.05) is 42.8 Å². The number of aromatic nitrogens is 2. The molecule has 0 fully saturated rings. The van der Waals surface area contributed by atoms with E-state index in [9.17, 15) is 4.79 Å². The molecule has 0 atom stereocenters. The quantitative estimate of drug-likeness (QED) is 0.913. The summed E-state index contributed by atoms with van der Waals surface area (Å²) < 4.78 is 7.01. The molecule has 0 unspecified atom stereocenters. The largest absolute Gasteiger partial charge is 0.497 e. The number of ether oxygens (including phenoxy) is 1. The summed E-state index contributed by atoms with van der Waals surface area (Å²) in [5.41, 5.74) is 2.40. The normalized spacial score (nSPS) is 10.5. The fraction of sp³-hybridized carbons (Fsp3) is 0.286. The lowest BCUT2D eigenvalue weighted by molar-refractivity contribution is -0.136.